The van der Waals surface area contributed by atoms with E-state index in [1.54, 1.807) is 7.11 Å². The van der Waals surface area contributed by atoms with Gasteiger partial charge in [-0.05, 0) is 32.9 Å². The van der Waals surface area contributed by atoms with Gasteiger partial charge in [0.05, 0.1) is 26.9 Å². The van der Waals surface area contributed by atoms with E-state index in [-0.39, 0.29) is 5.78 Å². The first kappa shape index (κ1) is 15.2. The molecule has 1 aliphatic rings. The molecule has 21 heavy (non-hydrogen) atoms. The molecule has 114 valence electrons. The summed E-state index contributed by atoms with van der Waals surface area (Å²) in [4.78, 5) is 12.1. The van der Waals surface area contributed by atoms with Crippen molar-refractivity contribution in [3.63, 3.8) is 0 Å². The number of hydrogen-bond acceptors (Lipinski definition) is 5. The molecule has 0 radical (unpaired) electrons. The van der Waals surface area contributed by atoms with Gasteiger partial charge in [-0.15, -0.1) is 0 Å². The predicted octanol–water partition coefficient (Wildman–Crippen LogP) is 3.10. The summed E-state index contributed by atoms with van der Waals surface area (Å²) in [5, 5.41) is 0. The van der Waals surface area contributed by atoms with Crippen LogP contribution in [0.3, 0.4) is 0 Å². The van der Waals surface area contributed by atoms with E-state index in [4.69, 9.17) is 18.9 Å². The molecule has 1 heterocycles. The molecule has 1 aliphatic heterocycles. The highest BCUT2D eigenvalue weighted by Gasteiger charge is 2.33. The summed E-state index contributed by atoms with van der Waals surface area (Å²) >= 11 is 0. The summed E-state index contributed by atoms with van der Waals surface area (Å²) in [5.74, 6) is 1.50. The van der Waals surface area contributed by atoms with Gasteiger partial charge in [0, 0.05) is 0 Å². The summed E-state index contributed by atoms with van der Waals surface area (Å²) in [7, 11) is 4.53. The van der Waals surface area contributed by atoms with Crippen LogP contribution < -0.4 is 18.9 Å². The minimum atomic E-state index is -0.512. The standard InChI is InChI=1S/C16H20O5/c1-9(17)11-12-10(7-8-16(2,3)21-12)13(18-4)15(20-6)14(11)19-5/h7-8H,1-6H3. The average molecular weight is 292 g/mol. The molecule has 0 unspecified atom stereocenters. The van der Waals surface area contributed by atoms with Crippen LogP contribution in [0.2, 0.25) is 0 Å². The third-order valence-electron chi connectivity index (χ3n) is 3.34. The molecular formula is C16H20O5. The highest BCUT2D eigenvalue weighted by atomic mass is 16.5. The Bertz CT molecular complexity index is 614. The Kier molecular flexibility index (Phi) is 3.85. The van der Waals surface area contributed by atoms with Gasteiger partial charge in [0.25, 0.3) is 0 Å². The maximum Gasteiger partial charge on any atom is 0.204 e. The summed E-state index contributed by atoms with van der Waals surface area (Å²) in [6.07, 6.45) is 3.79. The molecule has 5 nitrogen and oxygen atoms in total. The average Bonchev–Trinajstić information content (AvgIpc) is 2.42. The van der Waals surface area contributed by atoms with Crippen LogP contribution in [-0.4, -0.2) is 32.7 Å². The number of carbonyl (C=O) groups is 1. The molecule has 0 N–H and O–H groups in total. The second-order valence-electron chi connectivity index (χ2n) is 5.31. The number of carbonyl (C=O) groups excluding carboxylic acids is 1. The SMILES string of the molecule is COc1c2c(c(C(C)=O)c(OC)c1OC)OC(C)(C)C=C2. The van der Waals surface area contributed by atoms with Crippen LogP contribution in [-0.2, 0) is 0 Å². The molecule has 0 saturated heterocycles. The zero-order valence-electron chi connectivity index (χ0n) is 13.2. The zero-order valence-corrected chi connectivity index (χ0v) is 13.2. The van der Waals surface area contributed by atoms with Crippen molar-refractivity contribution in [3.8, 4) is 23.0 Å². The molecule has 0 saturated carbocycles. The van der Waals surface area contributed by atoms with Crippen LogP contribution in [0.25, 0.3) is 6.08 Å². The largest absolute Gasteiger partial charge is 0.492 e. The van der Waals surface area contributed by atoms with Crippen LogP contribution in [0.5, 0.6) is 23.0 Å². The molecule has 5 heteroatoms. The fourth-order valence-electron chi connectivity index (χ4n) is 2.42. The predicted molar refractivity (Wildman–Crippen MR) is 79.8 cm³/mol. The van der Waals surface area contributed by atoms with Crippen LogP contribution >= 0.6 is 0 Å². The Morgan fingerprint density at radius 2 is 1.62 bits per heavy atom. The lowest BCUT2D eigenvalue weighted by Gasteiger charge is -2.31. The fourth-order valence-corrected chi connectivity index (χ4v) is 2.42. The lowest BCUT2D eigenvalue weighted by molar-refractivity contribution is 0.0994. The molecule has 0 spiro atoms. The van der Waals surface area contributed by atoms with Gasteiger partial charge in [0.15, 0.2) is 17.3 Å². The summed E-state index contributed by atoms with van der Waals surface area (Å²) in [5.41, 5.74) is 0.532. The molecular weight excluding hydrogens is 272 g/mol. The van der Waals surface area contributed by atoms with Crippen LogP contribution in [0, 0.1) is 0 Å². The van der Waals surface area contributed by atoms with Crippen molar-refractivity contribution >= 4 is 11.9 Å². The Balaban J connectivity index is 2.89. The Morgan fingerprint density at radius 3 is 2.10 bits per heavy atom. The topological polar surface area (TPSA) is 54.0 Å². The number of methoxy groups -OCH3 is 3. The maximum absolute atomic E-state index is 12.1. The zero-order chi connectivity index (χ0) is 15.8. The van der Waals surface area contributed by atoms with Crippen molar-refractivity contribution < 1.29 is 23.7 Å². The number of ether oxygens (including phenoxy) is 4. The van der Waals surface area contributed by atoms with Crippen molar-refractivity contribution in [1.82, 2.24) is 0 Å². The molecule has 0 atom stereocenters. The highest BCUT2D eigenvalue weighted by molar-refractivity contribution is 6.03. The first-order chi connectivity index (χ1) is 9.86. The molecule has 2 rings (SSSR count). The third-order valence-corrected chi connectivity index (χ3v) is 3.34. The van der Waals surface area contributed by atoms with E-state index in [1.165, 1.54) is 21.1 Å². The van der Waals surface area contributed by atoms with E-state index in [1.807, 2.05) is 26.0 Å². The number of fused-ring (bicyclic) bond motifs is 1. The third kappa shape index (κ3) is 2.44. The highest BCUT2D eigenvalue weighted by Crippen LogP contribution is 2.51. The minimum Gasteiger partial charge on any atom is -0.492 e. The van der Waals surface area contributed by atoms with Crippen molar-refractivity contribution in [1.29, 1.82) is 0 Å². The van der Waals surface area contributed by atoms with E-state index < -0.39 is 5.60 Å². The van der Waals surface area contributed by atoms with Gasteiger partial charge < -0.3 is 18.9 Å². The molecule has 1 aromatic rings. The van der Waals surface area contributed by atoms with E-state index >= 15 is 0 Å². The second kappa shape index (κ2) is 5.31. The van der Waals surface area contributed by atoms with Gasteiger partial charge in [-0.2, -0.15) is 0 Å². The Hall–Kier alpha value is -2.17. The van der Waals surface area contributed by atoms with E-state index in [9.17, 15) is 4.79 Å². The van der Waals surface area contributed by atoms with Gasteiger partial charge in [0.2, 0.25) is 5.75 Å². The van der Waals surface area contributed by atoms with Gasteiger partial charge in [0.1, 0.15) is 16.9 Å². The van der Waals surface area contributed by atoms with Crippen molar-refractivity contribution in [2.75, 3.05) is 21.3 Å². The lowest BCUT2D eigenvalue weighted by Crippen LogP contribution is -2.29. The van der Waals surface area contributed by atoms with Crippen molar-refractivity contribution in [2.45, 2.75) is 26.4 Å². The smallest absolute Gasteiger partial charge is 0.204 e. The van der Waals surface area contributed by atoms with Crippen LogP contribution in [0.4, 0.5) is 0 Å². The molecule has 0 aliphatic carbocycles. The van der Waals surface area contributed by atoms with Gasteiger partial charge in [-0.1, -0.05) is 0 Å². The van der Waals surface area contributed by atoms with Gasteiger partial charge in [-0.25, -0.2) is 0 Å². The number of ketones is 1. The lowest BCUT2D eigenvalue weighted by atomic mass is 9.96. The number of hydrogen-bond donors (Lipinski definition) is 0. The van der Waals surface area contributed by atoms with Gasteiger partial charge in [-0.3, -0.25) is 4.79 Å². The molecule has 0 fully saturated rings. The second-order valence-corrected chi connectivity index (χ2v) is 5.31. The molecule has 0 amide bonds. The van der Waals surface area contributed by atoms with Crippen LogP contribution in [0.1, 0.15) is 36.7 Å². The summed E-state index contributed by atoms with van der Waals surface area (Å²) in [6, 6.07) is 0. The van der Waals surface area contributed by atoms with E-state index in [2.05, 4.69) is 0 Å². The van der Waals surface area contributed by atoms with Gasteiger partial charge >= 0.3 is 0 Å². The normalized spacial score (nSPS) is 15.0. The summed E-state index contributed by atoms with van der Waals surface area (Å²) in [6.45, 7) is 5.30. The maximum atomic E-state index is 12.1. The molecule has 0 bridgehead atoms. The number of rotatable bonds is 4. The monoisotopic (exact) mass is 292 g/mol. The minimum absolute atomic E-state index is 0.157. The number of benzene rings is 1. The van der Waals surface area contributed by atoms with E-state index in [0.29, 0.717) is 34.1 Å². The molecule has 0 aromatic heterocycles. The van der Waals surface area contributed by atoms with Crippen molar-refractivity contribution in [3.05, 3.63) is 17.2 Å². The molecule has 1 aromatic carbocycles. The number of Topliss-reactive ketones (excluding diaryl/α,β-unsaturated/α-hetero) is 1. The fraction of sp³-hybridized carbons (Fsp3) is 0.438. The van der Waals surface area contributed by atoms with Crippen LogP contribution in [0.15, 0.2) is 6.08 Å². The first-order valence-corrected chi connectivity index (χ1v) is 6.61. The Morgan fingerprint density at radius 1 is 1.05 bits per heavy atom. The Labute approximate surface area is 124 Å². The van der Waals surface area contributed by atoms with Crippen molar-refractivity contribution in [2.24, 2.45) is 0 Å². The first-order valence-electron chi connectivity index (χ1n) is 6.61. The summed E-state index contributed by atoms with van der Waals surface area (Å²) < 4.78 is 22.2. The quantitative estimate of drug-likeness (QED) is 0.798. The van der Waals surface area contributed by atoms with E-state index in [0.717, 1.165) is 0 Å².